The molecule has 0 aliphatic rings. The van der Waals surface area contributed by atoms with Crippen molar-refractivity contribution < 1.29 is 23.0 Å². The average molecular weight is 309 g/mol. The van der Waals surface area contributed by atoms with Gasteiger partial charge in [-0.25, -0.2) is 18.7 Å². The van der Waals surface area contributed by atoms with E-state index in [-0.39, 0.29) is 12.1 Å². The summed E-state index contributed by atoms with van der Waals surface area (Å²) in [5.41, 5.74) is 0.374. The molecular weight excluding hydrogens is 296 g/mol. The van der Waals surface area contributed by atoms with Crippen molar-refractivity contribution in [2.75, 3.05) is 14.2 Å². The van der Waals surface area contributed by atoms with E-state index in [0.29, 0.717) is 11.4 Å². The van der Waals surface area contributed by atoms with Gasteiger partial charge in [0.05, 0.1) is 19.8 Å². The van der Waals surface area contributed by atoms with Crippen LogP contribution in [0.4, 0.5) is 8.78 Å². The van der Waals surface area contributed by atoms with Crippen molar-refractivity contribution in [3.05, 3.63) is 47.4 Å². The first kappa shape index (κ1) is 15.6. The van der Waals surface area contributed by atoms with E-state index in [1.54, 1.807) is 0 Å². The molecule has 2 rings (SSSR count). The molecule has 0 fully saturated rings. The molecule has 0 unspecified atom stereocenters. The molecule has 8 heteroatoms. The van der Waals surface area contributed by atoms with Gasteiger partial charge >= 0.3 is 0 Å². The molecule has 22 heavy (non-hydrogen) atoms. The van der Waals surface area contributed by atoms with Crippen LogP contribution in [0.15, 0.2) is 24.7 Å². The summed E-state index contributed by atoms with van der Waals surface area (Å²) in [4.78, 5) is 19.6. The van der Waals surface area contributed by atoms with Crippen LogP contribution in [0.25, 0.3) is 0 Å². The molecular formula is C14H13F2N3O3. The monoisotopic (exact) mass is 309 g/mol. The molecule has 1 N–H and O–H groups in total. The van der Waals surface area contributed by atoms with Crippen LogP contribution in [0.3, 0.4) is 0 Å². The molecule has 0 aliphatic carbocycles. The molecule has 0 spiro atoms. The summed E-state index contributed by atoms with van der Waals surface area (Å²) in [7, 11) is 2.57. The van der Waals surface area contributed by atoms with E-state index in [4.69, 9.17) is 4.74 Å². The molecule has 1 aromatic carbocycles. The predicted octanol–water partition coefficient (Wildman–Crippen LogP) is 1.70. The van der Waals surface area contributed by atoms with Crippen LogP contribution in [0.1, 0.15) is 15.9 Å². The number of halogens is 2. The van der Waals surface area contributed by atoms with Gasteiger partial charge in [0.1, 0.15) is 6.33 Å². The highest BCUT2D eigenvalue weighted by atomic mass is 19.1. The summed E-state index contributed by atoms with van der Waals surface area (Å²) in [6, 6.07) is 1.80. The van der Waals surface area contributed by atoms with Gasteiger partial charge in [-0.3, -0.25) is 4.79 Å². The summed E-state index contributed by atoms with van der Waals surface area (Å²) in [6.45, 7) is 0.0537. The van der Waals surface area contributed by atoms with Crippen molar-refractivity contribution in [2.45, 2.75) is 6.54 Å². The first-order chi connectivity index (χ1) is 10.6. The largest absolute Gasteiger partial charge is 0.491 e. The number of benzene rings is 1. The zero-order valence-electron chi connectivity index (χ0n) is 11.9. The Morgan fingerprint density at radius 2 is 1.91 bits per heavy atom. The highest BCUT2D eigenvalue weighted by Gasteiger charge is 2.16. The highest BCUT2D eigenvalue weighted by molar-refractivity contribution is 5.94. The Labute approximate surface area is 125 Å². The van der Waals surface area contributed by atoms with Gasteiger partial charge in [0.25, 0.3) is 5.91 Å². The minimum Gasteiger partial charge on any atom is -0.491 e. The van der Waals surface area contributed by atoms with Crippen LogP contribution >= 0.6 is 0 Å². The smallest absolute Gasteiger partial charge is 0.251 e. The van der Waals surface area contributed by atoms with Crippen molar-refractivity contribution in [2.24, 2.45) is 0 Å². The molecule has 6 nitrogen and oxygen atoms in total. The Morgan fingerprint density at radius 3 is 2.50 bits per heavy atom. The zero-order chi connectivity index (χ0) is 16.1. The molecule has 2 aromatic rings. The third-order valence-electron chi connectivity index (χ3n) is 2.84. The van der Waals surface area contributed by atoms with E-state index in [1.165, 1.54) is 19.6 Å². The molecule has 0 saturated heterocycles. The molecule has 0 saturated carbocycles. The fourth-order valence-corrected chi connectivity index (χ4v) is 1.82. The van der Waals surface area contributed by atoms with Gasteiger partial charge in [-0.1, -0.05) is 0 Å². The molecule has 116 valence electrons. The lowest BCUT2D eigenvalue weighted by Crippen LogP contribution is -2.23. The first-order valence-corrected chi connectivity index (χ1v) is 6.21. The number of amides is 1. The van der Waals surface area contributed by atoms with Crippen LogP contribution in [-0.4, -0.2) is 30.1 Å². The van der Waals surface area contributed by atoms with Crippen LogP contribution in [0.5, 0.6) is 11.6 Å². The maximum Gasteiger partial charge on any atom is 0.251 e. The van der Waals surface area contributed by atoms with E-state index >= 15 is 0 Å². The lowest BCUT2D eigenvalue weighted by Gasteiger charge is -2.09. The lowest BCUT2D eigenvalue weighted by molar-refractivity contribution is 0.0949. The van der Waals surface area contributed by atoms with Gasteiger partial charge in [-0.05, 0) is 12.1 Å². The number of nitrogens with zero attached hydrogens (tertiary/aromatic N) is 2. The van der Waals surface area contributed by atoms with Gasteiger partial charge in [0.2, 0.25) is 5.88 Å². The number of aromatic nitrogens is 2. The van der Waals surface area contributed by atoms with Gasteiger partial charge < -0.3 is 14.8 Å². The van der Waals surface area contributed by atoms with Gasteiger partial charge in [-0.15, -0.1) is 0 Å². The van der Waals surface area contributed by atoms with Crippen LogP contribution < -0.4 is 14.8 Å². The second-order valence-electron chi connectivity index (χ2n) is 4.21. The quantitative estimate of drug-likeness (QED) is 0.910. The first-order valence-electron chi connectivity index (χ1n) is 6.21. The fraction of sp³-hybridized carbons (Fsp3) is 0.214. The third kappa shape index (κ3) is 3.27. The second kappa shape index (κ2) is 6.79. The molecule has 0 radical (unpaired) electrons. The van der Waals surface area contributed by atoms with Gasteiger partial charge in [0, 0.05) is 18.3 Å². The second-order valence-corrected chi connectivity index (χ2v) is 4.21. The Morgan fingerprint density at radius 1 is 1.23 bits per heavy atom. The average Bonchev–Trinajstić information content (AvgIpc) is 2.52. The molecule has 0 bridgehead atoms. The van der Waals surface area contributed by atoms with Crippen LogP contribution in [-0.2, 0) is 6.54 Å². The topological polar surface area (TPSA) is 73.3 Å². The standard InChI is InChI=1S/C14H13F2N3O3/c1-21-12-10(15)3-8(4-11(12)16)13(20)18-6-9-5-17-7-19-14(9)22-2/h3-5,7H,6H2,1-2H3,(H,18,20). The van der Waals surface area contributed by atoms with Gasteiger partial charge in [-0.2, -0.15) is 0 Å². The maximum absolute atomic E-state index is 13.6. The number of carbonyl (C=O) groups excluding carboxylic acids is 1. The number of rotatable bonds is 5. The summed E-state index contributed by atoms with van der Waals surface area (Å²) in [5, 5.41) is 2.51. The Hall–Kier alpha value is -2.77. The summed E-state index contributed by atoms with van der Waals surface area (Å²) in [5.74, 6) is -2.77. The van der Waals surface area contributed by atoms with E-state index < -0.39 is 23.3 Å². The molecule has 1 aromatic heterocycles. The van der Waals surface area contributed by atoms with E-state index in [1.807, 2.05) is 0 Å². The summed E-state index contributed by atoms with van der Waals surface area (Å²) < 4.78 is 36.7. The SMILES string of the molecule is COc1ncncc1CNC(=O)c1cc(F)c(OC)c(F)c1. The van der Waals surface area contributed by atoms with Gasteiger partial charge in [0.15, 0.2) is 17.4 Å². The highest BCUT2D eigenvalue weighted by Crippen LogP contribution is 2.22. The van der Waals surface area contributed by atoms with Crippen LogP contribution in [0.2, 0.25) is 0 Å². The molecule has 1 heterocycles. The molecule has 0 atom stereocenters. The summed E-state index contributed by atoms with van der Waals surface area (Å²) in [6.07, 6.45) is 2.78. The number of hydrogen-bond acceptors (Lipinski definition) is 5. The number of nitrogens with one attached hydrogen (secondary N) is 1. The minimum absolute atomic E-state index is 0.0537. The van der Waals surface area contributed by atoms with Crippen molar-refractivity contribution >= 4 is 5.91 Å². The number of ether oxygens (including phenoxy) is 2. The molecule has 1 amide bonds. The number of carbonyl (C=O) groups is 1. The predicted molar refractivity (Wildman–Crippen MR) is 72.7 cm³/mol. The molecule has 0 aliphatic heterocycles. The Balaban J connectivity index is 2.13. The lowest BCUT2D eigenvalue weighted by atomic mass is 10.2. The zero-order valence-corrected chi connectivity index (χ0v) is 11.9. The fourth-order valence-electron chi connectivity index (χ4n) is 1.82. The minimum atomic E-state index is -0.951. The van der Waals surface area contributed by atoms with E-state index in [9.17, 15) is 13.6 Å². The van der Waals surface area contributed by atoms with Crippen molar-refractivity contribution in [1.82, 2.24) is 15.3 Å². The van der Waals surface area contributed by atoms with Crippen molar-refractivity contribution in [1.29, 1.82) is 0 Å². The normalized spacial score (nSPS) is 10.2. The number of hydrogen-bond donors (Lipinski definition) is 1. The van der Waals surface area contributed by atoms with Crippen molar-refractivity contribution in [3.8, 4) is 11.6 Å². The maximum atomic E-state index is 13.6. The third-order valence-corrected chi connectivity index (χ3v) is 2.84. The summed E-state index contributed by atoms with van der Waals surface area (Å²) >= 11 is 0. The van der Waals surface area contributed by atoms with E-state index in [0.717, 1.165) is 19.2 Å². The Bertz CT molecular complexity index is 672. The number of methoxy groups -OCH3 is 2. The Kier molecular flexibility index (Phi) is 4.82. The van der Waals surface area contributed by atoms with Crippen molar-refractivity contribution in [3.63, 3.8) is 0 Å². The van der Waals surface area contributed by atoms with Crippen LogP contribution in [0, 0.1) is 11.6 Å². The van der Waals surface area contributed by atoms with E-state index in [2.05, 4.69) is 20.0 Å².